The molecule has 0 aromatic carbocycles. The average Bonchev–Trinajstić information content (AvgIpc) is 2.40. The van der Waals surface area contributed by atoms with Gasteiger partial charge in [0, 0.05) is 32.2 Å². The molecule has 19 heavy (non-hydrogen) atoms. The molecule has 1 aromatic rings. The minimum absolute atomic E-state index is 0.421. The van der Waals surface area contributed by atoms with E-state index in [2.05, 4.69) is 40.3 Å². The highest BCUT2D eigenvalue weighted by molar-refractivity contribution is 5.57. The van der Waals surface area contributed by atoms with E-state index in [1.165, 1.54) is 0 Å². The van der Waals surface area contributed by atoms with Crippen molar-refractivity contribution in [2.45, 2.75) is 6.04 Å². The molecule has 0 aliphatic carbocycles. The molecule has 102 valence electrons. The maximum Gasteiger partial charge on any atom is 0.144 e. The summed E-state index contributed by atoms with van der Waals surface area (Å²) >= 11 is 0. The molecule has 1 atom stereocenters. The third-order valence-corrected chi connectivity index (χ3v) is 3.51. The van der Waals surface area contributed by atoms with Crippen molar-refractivity contribution in [1.82, 2.24) is 14.8 Å². The molecule has 1 saturated heterocycles. The van der Waals surface area contributed by atoms with E-state index in [0.29, 0.717) is 23.1 Å². The number of pyridine rings is 1. The van der Waals surface area contributed by atoms with E-state index in [4.69, 9.17) is 11.0 Å². The number of nitrogen functional groups attached to an aromatic ring is 1. The molecule has 3 N–H and O–H groups in total. The molecule has 0 radical (unpaired) electrons. The smallest absolute Gasteiger partial charge is 0.144 e. The average molecular weight is 260 g/mol. The van der Waals surface area contributed by atoms with E-state index in [1.54, 1.807) is 12.3 Å². The SMILES string of the molecule is CN1CCN(C)C(CNc2ncc(N)cc2C#N)C1. The van der Waals surface area contributed by atoms with Crippen LogP contribution in [0.25, 0.3) is 0 Å². The molecule has 6 nitrogen and oxygen atoms in total. The first kappa shape index (κ1) is 13.6. The fraction of sp³-hybridized carbons (Fsp3) is 0.538. The number of piperazine rings is 1. The van der Waals surface area contributed by atoms with Crippen LogP contribution in [0.3, 0.4) is 0 Å². The highest BCUT2D eigenvalue weighted by atomic mass is 15.3. The molecule has 0 amide bonds. The Hall–Kier alpha value is -1.84. The van der Waals surface area contributed by atoms with Gasteiger partial charge in [0.2, 0.25) is 0 Å². The van der Waals surface area contributed by atoms with Crippen LogP contribution in [0.4, 0.5) is 11.5 Å². The van der Waals surface area contributed by atoms with Crippen molar-refractivity contribution >= 4 is 11.5 Å². The van der Waals surface area contributed by atoms with E-state index in [0.717, 1.165) is 26.2 Å². The summed E-state index contributed by atoms with van der Waals surface area (Å²) < 4.78 is 0. The predicted octanol–water partition coefficient (Wildman–Crippen LogP) is 0.193. The van der Waals surface area contributed by atoms with Crippen LogP contribution in [0.5, 0.6) is 0 Å². The molecule has 1 aromatic heterocycles. The molecule has 6 heteroatoms. The second kappa shape index (κ2) is 5.87. The minimum Gasteiger partial charge on any atom is -0.397 e. The van der Waals surface area contributed by atoms with E-state index >= 15 is 0 Å². The molecule has 1 aliphatic heterocycles. The third-order valence-electron chi connectivity index (χ3n) is 3.51. The van der Waals surface area contributed by atoms with Crippen molar-refractivity contribution in [3.63, 3.8) is 0 Å². The summed E-state index contributed by atoms with van der Waals surface area (Å²) in [6, 6.07) is 4.18. The summed E-state index contributed by atoms with van der Waals surface area (Å²) in [7, 11) is 4.25. The molecule has 0 spiro atoms. The molecule has 1 fully saturated rings. The predicted molar refractivity (Wildman–Crippen MR) is 75.8 cm³/mol. The number of anilines is 2. The first-order valence-electron chi connectivity index (χ1n) is 6.38. The number of likely N-dealkylation sites (N-methyl/N-ethyl adjacent to an activating group) is 2. The second-order valence-electron chi connectivity index (χ2n) is 5.05. The number of rotatable bonds is 3. The number of hydrogen-bond acceptors (Lipinski definition) is 6. The van der Waals surface area contributed by atoms with Gasteiger partial charge in [-0.2, -0.15) is 5.26 Å². The molecule has 2 heterocycles. The molecule has 0 saturated carbocycles. The van der Waals surface area contributed by atoms with Gasteiger partial charge in [0.15, 0.2) is 0 Å². The van der Waals surface area contributed by atoms with E-state index in [-0.39, 0.29) is 0 Å². The largest absolute Gasteiger partial charge is 0.397 e. The van der Waals surface area contributed by atoms with Crippen LogP contribution >= 0.6 is 0 Å². The molecule has 1 unspecified atom stereocenters. The lowest BCUT2D eigenvalue weighted by Gasteiger charge is -2.37. The Morgan fingerprint density at radius 3 is 3.05 bits per heavy atom. The van der Waals surface area contributed by atoms with Crippen molar-refractivity contribution in [1.29, 1.82) is 5.26 Å². The topological polar surface area (TPSA) is 81.2 Å². The van der Waals surface area contributed by atoms with Gasteiger partial charge in [0.05, 0.1) is 17.4 Å². The van der Waals surface area contributed by atoms with Gasteiger partial charge >= 0.3 is 0 Å². The van der Waals surface area contributed by atoms with Crippen molar-refractivity contribution in [3.05, 3.63) is 17.8 Å². The Morgan fingerprint density at radius 1 is 1.53 bits per heavy atom. The lowest BCUT2D eigenvalue weighted by molar-refractivity contribution is 0.122. The van der Waals surface area contributed by atoms with Gasteiger partial charge in [-0.15, -0.1) is 0 Å². The zero-order valence-corrected chi connectivity index (χ0v) is 11.4. The van der Waals surface area contributed by atoms with Gasteiger partial charge in [-0.3, -0.25) is 4.90 Å². The standard InChI is InChI=1S/C13H20N6/c1-18-3-4-19(2)12(9-18)8-17-13-10(6-14)5-11(15)7-16-13/h5,7,12H,3-4,8-9,15H2,1-2H3,(H,16,17). The van der Waals surface area contributed by atoms with Gasteiger partial charge in [-0.05, 0) is 20.2 Å². The number of nitriles is 1. The highest BCUT2D eigenvalue weighted by Crippen LogP contribution is 2.15. The monoisotopic (exact) mass is 260 g/mol. The van der Waals surface area contributed by atoms with Crippen LogP contribution in [0.2, 0.25) is 0 Å². The Morgan fingerprint density at radius 2 is 2.32 bits per heavy atom. The lowest BCUT2D eigenvalue weighted by atomic mass is 10.2. The Labute approximate surface area is 113 Å². The molecular formula is C13H20N6. The van der Waals surface area contributed by atoms with Crippen LogP contribution in [-0.4, -0.2) is 61.1 Å². The Balaban J connectivity index is 2.00. The number of hydrogen-bond donors (Lipinski definition) is 2. The van der Waals surface area contributed by atoms with Gasteiger partial charge in [-0.25, -0.2) is 4.98 Å². The third kappa shape index (κ3) is 3.34. The number of nitrogens with two attached hydrogens (primary N) is 1. The zero-order valence-electron chi connectivity index (χ0n) is 11.4. The normalized spacial score (nSPS) is 21.0. The quantitative estimate of drug-likeness (QED) is 0.807. The number of nitrogens with zero attached hydrogens (tertiary/aromatic N) is 4. The van der Waals surface area contributed by atoms with Gasteiger partial charge < -0.3 is 16.0 Å². The summed E-state index contributed by atoms with van der Waals surface area (Å²) in [6.45, 7) is 3.94. The highest BCUT2D eigenvalue weighted by Gasteiger charge is 2.22. The molecule has 0 bridgehead atoms. The van der Waals surface area contributed by atoms with E-state index in [1.807, 2.05) is 0 Å². The Bertz CT molecular complexity index is 481. The van der Waals surface area contributed by atoms with Gasteiger partial charge in [0.25, 0.3) is 0 Å². The fourth-order valence-corrected chi connectivity index (χ4v) is 2.24. The Kier molecular flexibility index (Phi) is 4.20. The lowest BCUT2D eigenvalue weighted by Crippen LogP contribution is -2.52. The number of aromatic nitrogens is 1. The second-order valence-corrected chi connectivity index (χ2v) is 5.05. The zero-order chi connectivity index (χ0) is 13.8. The minimum atomic E-state index is 0.421. The summed E-state index contributed by atoms with van der Waals surface area (Å²) in [4.78, 5) is 8.83. The summed E-state index contributed by atoms with van der Waals surface area (Å²) in [6.07, 6.45) is 1.57. The van der Waals surface area contributed by atoms with Gasteiger partial charge in [-0.1, -0.05) is 0 Å². The molecular weight excluding hydrogens is 240 g/mol. The van der Waals surface area contributed by atoms with E-state index in [9.17, 15) is 0 Å². The first-order chi connectivity index (χ1) is 9.10. The van der Waals surface area contributed by atoms with Gasteiger partial charge in [0.1, 0.15) is 11.9 Å². The number of nitrogens with one attached hydrogen (secondary N) is 1. The van der Waals surface area contributed by atoms with Crippen molar-refractivity contribution in [2.24, 2.45) is 0 Å². The van der Waals surface area contributed by atoms with Crippen molar-refractivity contribution in [3.8, 4) is 6.07 Å². The summed E-state index contributed by atoms with van der Waals surface area (Å²) in [5.41, 5.74) is 6.63. The maximum absolute atomic E-state index is 9.07. The molecule has 2 rings (SSSR count). The summed E-state index contributed by atoms with van der Waals surface area (Å²) in [5.74, 6) is 0.610. The van der Waals surface area contributed by atoms with Crippen LogP contribution in [0.15, 0.2) is 12.3 Å². The summed E-state index contributed by atoms with van der Waals surface area (Å²) in [5, 5.41) is 12.3. The van der Waals surface area contributed by atoms with Crippen molar-refractivity contribution < 1.29 is 0 Å². The fourth-order valence-electron chi connectivity index (χ4n) is 2.24. The maximum atomic E-state index is 9.07. The van der Waals surface area contributed by atoms with Crippen LogP contribution in [-0.2, 0) is 0 Å². The first-order valence-corrected chi connectivity index (χ1v) is 6.38. The van der Waals surface area contributed by atoms with Crippen LogP contribution in [0.1, 0.15) is 5.56 Å². The van der Waals surface area contributed by atoms with E-state index < -0.39 is 0 Å². The van der Waals surface area contributed by atoms with Crippen LogP contribution < -0.4 is 11.1 Å². The molecule has 1 aliphatic rings. The van der Waals surface area contributed by atoms with Crippen molar-refractivity contribution in [2.75, 3.05) is 51.3 Å². The van der Waals surface area contributed by atoms with Crippen LogP contribution in [0, 0.1) is 11.3 Å².